The van der Waals surface area contributed by atoms with Crippen LogP contribution in [-0.2, 0) is 108 Å². The second-order valence-electron chi connectivity index (χ2n) is 42.1. The van der Waals surface area contributed by atoms with E-state index in [2.05, 4.69) is 44.0 Å². The number of amides is 7. The third-order valence-electron chi connectivity index (χ3n) is 32.1. The van der Waals surface area contributed by atoms with Gasteiger partial charge in [0.15, 0.2) is 17.6 Å². The molecule has 11 fully saturated rings. The van der Waals surface area contributed by atoms with Crippen LogP contribution in [0.4, 0.5) is 4.79 Å². The second kappa shape index (κ2) is 40.4. The molecular weight excluding hydrogens is 1800 g/mol. The van der Waals surface area contributed by atoms with Gasteiger partial charge in [0.05, 0.1) is 101 Å². The molecule has 742 valence electrons. The molecule has 0 radical (unpaired) electrons. The highest BCUT2D eigenvalue weighted by molar-refractivity contribution is 7.92. The van der Waals surface area contributed by atoms with Crippen molar-refractivity contribution >= 4 is 101 Å². The molecular formula is C101H137ClN10O22S2. The standard InChI is InChI=1S/C49H66N4O10S.C42H57N5O8S.C10H13NO4.ClH/c1-4-38-43-36(37-28-35(13-14-39(37)50-38)61-26-23-52-21-24-60-25-22-52)15-18-48(63-43)30-40-41(54)31-49(45(57)51-64(58,59)47(3)19-20-47)29-34(49)12-9-7-5-6-8-11-33(44(56)53(40)32-48)27-42(55)62-46(2)16-10-17-46;1-3-33-37-30(31-23-29(11-12-34(31)44-33)54-22-19-46-17-20-53-21-18-46)13-14-41(55-37)25-35-36(48)26-42(39(50)45-56(51,52)40(2)15-16-40)24-28(42)9-7-5-4-6-8-10-32(43)38(49)47(35)27-41;1-10(5-2-6-10)15-9(14)11-7(12)3-4-8(11)13;/h9,12-14,28,33-34,40H,4-8,10-11,15-27,29-32H2,1-3H3,(H,51,57);7,9,11-12,23,28,32,35H,3-6,8,10,13-22,24-27,43H2,1-2H3,(H,45,50);2-6H2,1H3;1H/b12-9-;9-7-;;/t33-,34-,40+,48-,49-;28-,32+,35+,41-,42-;;/m11../s1. The number of carbonyl (C=O) groups is 10. The van der Waals surface area contributed by atoms with Gasteiger partial charge in [0, 0.05) is 112 Å². The Morgan fingerprint density at radius 3 is 1.38 bits per heavy atom. The maximum Gasteiger partial charge on any atom is 0.424 e. The summed E-state index contributed by atoms with van der Waals surface area (Å²) in [7, 11) is -7.85. The molecule has 0 bridgehead atoms. The number of nitrogens with one attached hydrogen (secondary N) is 2. The Morgan fingerprint density at radius 1 is 0.522 bits per heavy atom. The first kappa shape index (κ1) is 100. The Balaban J connectivity index is 0.000000171. The second-order valence-corrected chi connectivity index (χ2v) is 46.5. The number of rotatable bonds is 20. The molecule has 7 amide bonds. The molecule has 5 N–H and O–H groups in total. The van der Waals surface area contributed by atoms with Crippen LogP contribution in [0, 0.1) is 28.6 Å². The first-order valence-electron chi connectivity index (χ1n) is 49.9. The Bertz CT molecular complexity index is 5550. The van der Waals surface area contributed by atoms with Crippen molar-refractivity contribution in [1.29, 1.82) is 0 Å². The van der Waals surface area contributed by atoms with Crippen molar-refractivity contribution < 1.29 is 121 Å². The third kappa shape index (κ3) is 21.4. The van der Waals surface area contributed by atoms with Crippen molar-refractivity contribution in [2.45, 2.75) is 316 Å². The van der Waals surface area contributed by atoms with Crippen LogP contribution < -0.4 is 46.5 Å². The van der Waals surface area contributed by atoms with Crippen molar-refractivity contribution in [3.05, 3.63) is 83.2 Å². The lowest BCUT2D eigenvalue weighted by atomic mass is 9.82. The number of imide groups is 3. The molecule has 15 aliphatic rings. The number of fused-ring (bicyclic) bond motifs is 10. The van der Waals surface area contributed by atoms with Gasteiger partial charge < -0.3 is 65.8 Å². The van der Waals surface area contributed by atoms with Crippen LogP contribution in [0.5, 0.6) is 23.0 Å². The van der Waals surface area contributed by atoms with Gasteiger partial charge in [-0.1, -0.05) is 57.4 Å². The number of carbonyl (C=O) groups excluding carboxylic acids is 10. The minimum atomic E-state index is -3.95. The molecule has 2 aromatic heterocycles. The van der Waals surface area contributed by atoms with Crippen molar-refractivity contribution in [3.63, 3.8) is 0 Å². The fourth-order valence-corrected chi connectivity index (χ4v) is 24.6. The number of Topliss-reactive ketones (excluding diaryl/α,β-unsaturated/α-hetero) is 2. The fraction of sp³-hybridized carbons (Fsp3) is 0.683. The van der Waals surface area contributed by atoms with Gasteiger partial charge in [-0.15, -0.1) is 0 Å². The summed E-state index contributed by atoms with van der Waals surface area (Å²) in [6, 6.07) is 9.72. The summed E-state index contributed by atoms with van der Waals surface area (Å²) >= 11 is 0. The molecule has 11 heterocycles. The van der Waals surface area contributed by atoms with Crippen LogP contribution in [0.25, 0.3) is 21.8 Å². The molecule has 0 unspecified atom stereocenters. The monoisotopic (exact) mass is 1940 g/mol. The molecule has 4 aromatic rings. The van der Waals surface area contributed by atoms with Crippen LogP contribution in [0.3, 0.4) is 0 Å². The van der Waals surface area contributed by atoms with Crippen molar-refractivity contribution in [2.75, 3.05) is 92.0 Å². The number of hydrogen-bond donors (Lipinski definition) is 3. The Labute approximate surface area is 804 Å². The summed E-state index contributed by atoms with van der Waals surface area (Å²) in [5, 5.41) is 1.92. The van der Waals surface area contributed by atoms with E-state index < -0.39 is 123 Å². The lowest BCUT2D eigenvalue weighted by Crippen LogP contribution is -3.00. The van der Waals surface area contributed by atoms with Gasteiger partial charge in [-0.2, -0.15) is 4.90 Å². The maximum absolute atomic E-state index is 15.1. The molecule has 5 saturated heterocycles. The van der Waals surface area contributed by atoms with E-state index in [-0.39, 0.29) is 106 Å². The number of morpholine rings is 2. The van der Waals surface area contributed by atoms with Gasteiger partial charge in [-0.3, -0.25) is 62.4 Å². The number of benzene rings is 2. The fourth-order valence-electron chi connectivity index (χ4n) is 21.9. The maximum atomic E-state index is 15.1. The topological polar surface area (TPSA) is 406 Å². The first-order chi connectivity index (χ1) is 64.5. The van der Waals surface area contributed by atoms with Gasteiger partial charge in [-0.25, -0.2) is 31.6 Å². The highest BCUT2D eigenvalue weighted by Gasteiger charge is 2.66. The molecule has 2 aromatic carbocycles. The van der Waals surface area contributed by atoms with Gasteiger partial charge >= 0.3 is 12.1 Å². The summed E-state index contributed by atoms with van der Waals surface area (Å²) in [4.78, 5) is 153. The lowest BCUT2D eigenvalue weighted by Gasteiger charge is -2.38. The van der Waals surface area contributed by atoms with Crippen LogP contribution in [0.15, 0.2) is 60.7 Å². The minimum absolute atomic E-state index is 0. The Hall–Kier alpha value is -8.77. The number of ether oxygens (including phenoxy) is 8. The number of esters is 1. The molecule has 136 heavy (non-hydrogen) atoms. The average molecular weight is 1940 g/mol. The molecule has 6 aliphatic carbocycles. The number of pyridine rings is 2. The summed E-state index contributed by atoms with van der Waals surface area (Å²) in [5.41, 5.74) is 4.49. The number of aryl methyl sites for hydroxylation is 4. The van der Waals surface area contributed by atoms with Crippen LogP contribution in [0.1, 0.15) is 263 Å². The molecule has 35 heteroatoms. The molecule has 9 aliphatic heterocycles. The van der Waals surface area contributed by atoms with E-state index in [4.69, 9.17) is 47.9 Å². The summed E-state index contributed by atoms with van der Waals surface area (Å²) < 4.78 is 105. The van der Waals surface area contributed by atoms with E-state index in [1.165, 1.54) is 0 Å². The Kier molecular flexibility index (Phi) is 29.8. The summed E-state index contributed by atoms with van der Waals surface area (Å²) in [6.07, 6.45) is 26.8. The number of allylic oxidation sites excluding steroid dienone is 4. The van der Waals surface area contributed by atoms with Crippen molar-refractivity contribution in [1.82, 2.24) is 43.9 Å². The molecule has 32 nitrogen and oxygen atoms in total. The van der Waals surface area contributed by atoms with Gasteiger partial charge in [0.2, 0.25) is 49.6 Å². The van der Waals surface area contributed by atoms with Crippen LogP contribution >= 0.6 is 0 Å². The zero-order valence-electron chi connectivity index (χ0n) is 79.9. The zero-order chi connectivity index (χ0) is 95.3. The number of sulfonamides is 2. The normalized spacial score (nSPS) is 30.0. The molecule has 10 atom stereocenters. The van der Waals surface area contributed by atoms with Gasteiger partial charge in [0.1, 0.15) is 58.6 Å². The minimum Gasteiger partial charge on any atom is -1.00 e. The number of aromatic nitrogens is 2. The van der Waals surface area contributed by atoms with E-state index in [9.17, 15) is 55.2 Å². The highest BCUT2D eigenvalue weighted by Crippen LogP contribution is 2.61. The molecule has 19 rings (SSSR count). The number of hydrogen-bond acceptors (Lipinski definition) is 26. The van der Waals surface area contributed by atoms with E-state index in [0.717, 1.165) is 211 Å². The Morgan fingerprint density at radius 2 is 0.956 bits per heavy atom. The number of quaternary nitrogens is 1. The van der Waals surface area contributed by atoms with Crippen LogP contribution in [-0.4, -0.2) is 252 Å². The number of halogens is 1. The smallest absolute Gasteiger partial charge is 0.424 e. The van der Waals surface area contributed by atoms with Crippen molar-refractivity contribution in [3.8, 4) is 23.0 Å². The lowest BCUT2D eigenvalue weighted by molar-refractivity contribution is -0.407. The highest BCUT2D eigenvalue weighted by atomic mass is 35.5. The number of likely N-dealkylation sites (tertiary alicyclic amines) is 1. The van der Waals surface area contributed by atoms with E-state index >= 15 is 9.59 Å². The summed E-state index contributed by atoms with van der Waals surface area (Å²) in [6.45, 7) is 20.7. The number of nitrogens with zero attached hydrogens (tertiary/aromatic N) is 7. The largest absolute Gasteiger partial charge is 1.00 e. The van der Waals surface area contributed by atoms with Crippen LogP contribution in [0.2, 0.25) is 0 Å². The first-order valence-corrected chi connectivity index (χ1v) is 52.9. The van der Waals surface area contributed by atoms with E-state index in [1.807, 2.05) is 69.3 Å². The van der Waals surface area contributed by atoms with Gasteiger partial charge in [0.25, 0.3) is 5.91 Å². The molecule has 2 spiro atoms. The SMILES string of the molecule is CC1(OC(=O)N2C(=O)CCC2=O)CCC1.CCc1nc2ccc(OCCN3CCOCC3)cc2c2c1O[C@]1(CC2)C[C@H]2C(=O)C[C@]3(C(=O)NS(=O)(=O)C4(C)CC4)C[C@H]3/C=C\CCCCC[C@H](CC(=O)OC3(C)CCC3)C(=O)N2C1.CCc1nc2ccc(OCCN3CCOCC3)cc2c2c1O[C@]1(CC2)C[C@H]2C(=O)C[C@]3(C(=O)NS(=O)(=O)C4(C)CC4)C[C@H]3/C=C\CCCCC[C@H]([NH3+])C(=O)N2C1.[Cl-]. The average Bonchev–Trinajstić information content (AvgIpc) is 1.56. The van der Waals surface area contributed by atoms with Crippen molar-refractivity contribution in [2.24, 2.45) is 28.6 Å². The number of ketones is 2. The predicted molar refractivity (Wildman–Crippen MR) is 498 cm³/mol. The predicted octanol–water partition coefficient (Wildman–Crippen LogP) is 7.64. The van der Waals surface area contributed by atoms with E-state index in [0.29, 0.717) is 120 Å². The molecule has 6 saturated carbocycles. The third-order valence-corrected chi connectivity index (χ3v) is 36.4. The summed E-state index contributed by atoms with van der Waals surface area (Å²) in [5.74, 6) is -1.93. The van der Waals surface area contributed by atoms with Gasteiger partial charge in [-0.05, 0) is 230 Å². The zero-order valence-corrected chi connectivity index (χ0v) is 82.3. The van der Waals surface area contributed by atoms with E-state index in [1.54, 1.807) is 23.6 Å². The quantitative estimate of drug-likeness (QED) is 0.0434.